The summed E-state index contributed by atoms with van der Waals surface area (Å²) in [6, 6.07) is 7.01. The Bertz CT molecular complexity index is 291. The summed E-state index contributed by atoms with van der Waals surface area (Å²) < 4.78 is 5.69. The van der Waals surface area contributed by atoms with E-state index in [1.807, 2.05) is 6.07 Å². The lowest BCUT2D eigenvalue weighted by Gasteiger charge is -2.16. The first-order chi connectivity index (χ1) is 7.76. The van der Waals surface area contributed by atoms with E-state index in [-0.39, 0.29) is 5.75 Å². The van der Waals surface area contributed by atoms with E-state index in [4.69, 9.17) is 4.74 Å². The van der Waals surface area contributed by atoms with E-state index in [1.165, 1.54) is 25.7 Å². The third-order valence-electron chi connectivity index (χ3n) is 2.70. The van der Waals surface area contributed by atoms with E-state index in [2.05, 4.69) is 13.8 Å². The lowest BCUT2D eigenvalue weighted by molar-refractivity contribution is 0.229. The molecule has 0 aliphatic rings. The van der Waals surface area contributed by atoms with Gasteiger partial charge in [-0.2, -0.15) is 0 Å². The number of phenols is 1. The normalized spacial score (nSPS) is 10.7. The summed E-state index contributed by atoms with van der Waals surface area (Å²) in [5.41, 5.74) is 0. The number of benzene rings is 1. The van der Waals surface area contributed by atoms with Crippen molar-refractivity contribution >= 4 is 0 Å². The van der Waals surface area contributed by atoms with Crippen LogP contribution in [-0.2, 0) is 0 Å². The van der Waals surface area contributed by atoms with Gasteiger partial charge in [-0.3, -0.25) is 0 Å². The second kappa shape index (κ2) is 7.15. The number of hydrogen-bond acceptors (Lipinski definition) is 2. The summed E-state index contributed by atoms with van der Waals surface area (Å²) >= 11 is 0. The van der Waals surface area contributed by atoms with Crippen LogP contribution in [0, 0.1) is 5.92 Å². The van der Waals surface area contributed by atoms with Crippen LogP contribution in [0.2, 0.25) is 0 Å². The highest BCUT2D eigenvalue weighted by atomic mass is 16.5. The van der Waals surface area contributed by atoms with Crippen LogP contribution in [0.4, 0.5) is 0 Å². The Labute approximate surface area is 98.3 Å². The highest BCUT2D eigenvalue weighted by molar-refractivity contribution is 5.31. The number of rotatable bonds is 7. The molecular weight excluding hydrogens is 200 g/mol. The summed E-state index contributed by atoms with van der Waals surface area (Å²) in [6.07, 6.45) is 4.83. The third-order valence-corrected chi connectivity index (χ3v) is 2.70. The van der Waals surface area contributed by atoms with Gasteiger partial charge >= 0.3 is 0 Å². The Hall–Kier alpha value is -1.18. The van der Waals surface area contributed by atoms with Gasteiger partial charge in [0.2, 0.25) is 0 Å². The molecule has 1 aromatic carbocycles. The molecular formula is C14H22O2. The predicted molar refractivity (Wildman–Crippen MR) is 66.9 cm³/mol. The molecule has 1 N–H and O–H groups in total. The zero-order valence-corrected chi connectivity index (χ0v) is 10.3. The molecule has 0 aromatic heterocycles. The third kappa shape index (κ3) is 4.56. The summed E-state index contributed by atoms with van der Waals surface area (Å²) in [5, 5.41) is 9.31. The van der Waals surface area contributed by atoms with E-state index in [9.17, 15) is 5.11 Å². The van der Waals surface area contributed by atoms with Gasteiger partial charge in [0.05, 0.1) is 6.61 Å². The monoisotopic (exact) mass is 222 g/mol. The van der Waals surface area contributed by atoms with Crippen molar-refractivity contribution in [3.05, 3.63) is 24.3 Å². The van der Waals surface area contributed by atoms with Crippen LogP contribution < -0.4 is 4.74 Å². The Morgan fingerprint density at radius 1 is 1.19 bits per heavy atom. The van der Waals surface area contributed by atoms with Crippen molar-refractivity contribution in [1.29, 1.82) is 0 Å². The first kappa shape index (κ1) is 12.9. The highest BCUT2D eigenvalue weighted by Gasteiger charge is 2.07. The summed E-state index contributed by atoms with van der Waals surface area (Å²) in [4.78, 5) is 0. The van der Waals surface area contributed by atoms with Crippen LogP contribution in [0.3, 0.4) is 0 Å². The van der Waals surface area contributed by atoms with E-state index >= 15 is 0 Å². The molecule has 0 saturated carbocycles. The molecule has 0 amide bonds. The lowest BCUT2D eigenvalue weighted by Crippen LogP contribution is -2.11. The molecule has 16 heavy (non-hydrogen) atoms. The van der Waals surface area contributed by atoms with Crippen LogP contribution in [0.25, 0.3) is 0 Å². The Morgan fingerprint density at radius 3 is 2.44 bits per heavy atom. The van der Waals surface area contributed by atoms with Crippen LogP contribution in [0.5, 0.6) is 11.5 Å². The highest BCUT2D eigenvalue weighted by Crippen LogP contribution is 2.20. The van der Waals surface area contributed by atoms with Crippen LogP contribution in [0.15, 0.2) is 24.3 Å². The van der Waals surface area contributed by atoms with Gasteiger partial charge in [0, 0.05) is 6.07 Å². The fourth-order valence-corrected chi connectivity index (χ4v) is 1.91. The van der Waals surface area contributed by atoms with Crippen molar-refractivity contribution in [2.24, 2.45) is 5.92 Å². The zero-order chi connectivity index (χ0) is 11.8. The van der Waals surface area contributed by atoms with Crippen molar-refractivity contribution < 1.29 is 9.84 Å². The summed E-state index contributed by atoms with van der Waals surface area (Å²) in [6.45, 7) is 5.17. The molecule has 0 atom stereocenters. The molecule has 0 unspecified atom stereocenters. The zero-order valence-electron chi connectivity index (χ0n) is 10.3. The van der Waals surface area contributed by atoms with Crippen molar-refractivity contribution in [2.75, 3.05) is 6.61 Å². The topological polar surface area (TPSA) is 29.5 Å². The number of ether oxygens (including phenoxy) is 1. The molecule has 2 heteroatoms. The van der Waals surface area contributed by atoms with Crippen molar-refractivity contribution in [2.45, 2.75) is 39.5 Å². The first-order valence-corrected chi connectivity index (χ1v) is 6.18. The fourth-order valence-electron chi connectivity index (χ4n) is 1.91. The van der Waals surface area contributed by atoms with Gasteiger partial charge in [-0.25, -0.2) is 0 Å². The maximum absolute atomic E-state index is 9.31. The second-order valence-electron chi connectivity index (χ2n) is 4.25. The molecule has 2 nitrogen and oxygen atoms in total. The van der Waals surface area contributed by atoms with Crippen molar-refractivity contribution in [1.82, 2.24) is 0 Å². The molecule has 0 fully saturated rings. The van der Waals surface area contributed by atoms with Gasteiger partial charge in [0.1, 0.15) is 11.5 Å². The van der Waals surface area contributed by atoms with Gasteiger partial charge in [-0.15, -0.1) is 0 Å². The minimum absolute atomic E-state index is 0.264. The van der Waals surface area contributed by atoms with Gasteiger partial charge in [0.25, 0.3) is 0 Å². The Balaban J connectivity index is 2.41. The SMILES string of the molecule is CCCC(CCC)COc1cccc(O)c1. The van der Waals surface area contributed by atoms with Crippen molar-refractivity contribution in [3.63, 3.8) is 0 Å². The molecule has 0 radical (unpaired) electrons. The maximum Gasteiger partial charge on any atom is 0.122 e. The summed E-state index contributed by atoms with van der Waals surface area (Å²) in [5.74, 6) is 1.66. The van der Waals surface area contributed by atoms with Crippen LogP contribution in [0.1, 0.15) is 39.5 Å². The quantitative estimate of drug-likeness (QED) is 0.756. The molecule has 1 aromatic rings. The maximum atomic E-state index is 9.31. The molecule has 0 aliphatic heterocycles. The smallest absolute Gasteiger partial charge is 0.122 e. The average molecular weight is 222 g/mol. The number of aromatic hydroxyl groups is 1. The van der Waals surface area contributed by atoms with Gasteiger partial charge < -0.3 is 9.84 Å². The van der Waals surface area contributed by atoms with Crippen LogP contribution in [-0.4, -0.2) is 11.7 Å². The second-order valence-corrected chi connectivity index (χ2v) is 4.25. The molecule has 0 spiro atoms. The van der Waals surface area contributed by atoms with E-state index in [0.717, 1.165) is 12.4 Å². The number of hydrogen-bond donors (Lipinski definition) is 1. The number of phenolic OH excluding ortho intramolecular Hbond substituents is 1. The standard InChI is InChI=1S/C14H22O2/c1-3-6-12(7-4-2)11-16-14-9-5-8-13(15)10-14/h5,8-10,12,15H,3-4,6-7,11H2,1-2H3. The predicted octanol–water partition coefficient (Wildman–Crippen LogP) is 3.99. The fraction of sp³-hybridized carbons (Fsp3) is 0.571. The van der Waals surface area contributed by atoms with Crippen LogP contribution >= 0.6 is 0 Å². The minimum Gasteiger partial charge on any atom is -0.508 e. The minimum atomic E-state index is 0.264. The van der Waals surface area contributed by atoms with E-state index in [1.54, 1.807) is 18.2 Å². The average Bonchev–Trinajstić information content (AvgIpc) is 2.27. The van der Waals surface area contributed by atoms with Gasteiger partial charge in [0.15, 0.2) is 0 Å². The summed E-state index contributed by atoms with van der Waals surface area (Å²) in [7, 11) is 0. The van der Waals surface area contributed by atoms with E-state index < -0.39 is 0 Å². The Morgan fingerprint density at radius 2 is 1.88 bits per heavy atom. The largest absolute Gasteiger partial charge is 0.508 e. The first-order valence-electron chi connectivity index (χ1n) is 6.18. The Kier molecular flexibility index (Phi) is 5.76. The molecule has 0 heterocycles. The van der Waals surface area contributed by atoms with E-state index in [0.29, 0.717) is 5.92 Å². The molecule has 0 aliphatic carbocycles. The van der Waals surface area contributed by atoms with Gasteiger partial charge in [-0.05, 0) is 30.9 Å². The molecule has 1 rings (SSSR count). The lowest BCUT2D eigenvalue weighted by atomic mass is 9.99. The van der Waals surface area contributed by atoms with Crippen molar-refractivity contribution in [3.8, 4) is 11.5 Å². The van der Waals surface area contributed by atoms with Gasteiger partial charge in [-0.1, -0.05) is 32.8 Å². The molecule has 0 saturated heterocycles. The molecule has 0 bridgehead atoms. The molecule has 90 valence electrons.